The Hall–Kier alpha value is -1.13. The smallest absolute Gasteiger partial charge is 0.220 e. The minimum Gasteiger partial charge on any atom is -0.376 e. The number of aromatic nitrogens is 1. The Bertz CT molecular complexity index is 487. The van der Waals surface area contributed by atoms with Crippen molar-refractivity contribution in [1.82, 2.24) is 10.3 Å². The predicted molar refractivity (Wildman–Crippen MR) is 78.8 cm³/mol. The average Bonchev–Trinajstić information content (AvgIpc) is 2.35. The summed E-state index contributed by atoms with van der Waals surface area (Å²) in [5.74, 6) is 0.0631. The summed E-state index contributed by atoms with van der Waals surface area (Å²) in [6.07, 6.45) is 3.21. The van der Waals surface area contributed by atoms with Gasteiger partial charge in [-0.15, -0.1) is 0 Å². The number of nitrogens with one attached hydrogen (secondary N) is 1. The van der Waals surface area contributed by atoms with Gasteiger partial charge in [-0.2, -0.15) is 0 Å². The second-order valence-corrected chi connectivity index (χ2v) is 5.64. The molecule has 0 aromatic carbocycles. The zero-order valence-electron chi connectivity index (χ0n) is 12.0. The molecule has 0 spiro atoms. The molecular formula is C15H21ClN2O2. The van der Waals surface area contributed by atoms with Gasteiger partial charge in [-0.3, -0.25) is 4.79 Å². The highest BCUT2D eigenvalue weighted by molar-refractivity contribution is 6.29. The van der Waals surface area contributed by atoms with Gasteiger partial charge in [0.25, 0.3) is 0 Å². The molecular weight excluding hydrogens is 276 g/mol. The first kappa shape index (κ1) is 15.3. The van der Waals surface area contributed by atoms with Crippen molar-refractivity contribution in [2.24, 2.45) is 0 Å². The van der Waals surface area contributed by atoms with Crippen molar-refractivity contribution in [2.45, 2.75) is 45.1 Å². The first-order valence-electron chi connectivity index (χ1n) is 7.16. The molecule has 2 rings (SSSR count). The summed E-state index contributed by atoms with van der Waals surface area (Å²) in [4.78, 5) is 16.4. The summed E-state index contributed by atoms with van der Waals surface area (Å²) in [7, 11) is 0. The van der Waals surface area contributed by atoms with Crippen molar-refractivity contribution in [3.8, 4) is 0 Å². The zero-order chi connectivity index (χ0) is 14.6. The molecule has 1 fully saturated rings. The van der Waals surface area contributed by atoms with Crippen LogP contribution in [0.1, 0.15) is 44.4 Å². The van der Waals surface area contributed by atoms with Gasteiger partial charge in [-0.05, 0) is 18.9 Å². The van der Waals surface area contributed by atoms with E-state index in [9.17, 15) is 4.79 Å². The van der Waals surface area contributed by atoms with Crippen LogP contribution in [0, 0.1) is 0 Å². The van der Waals surface area contributed by atoms with E-state index in [1.165, 1.54) is 0 Å². The second kappa shape index (κ2) is 6.55. The summed E-state index contributed by atoms with van der Waals surface area (Å²) in [6, 6.07) is 3.75. The largest absolute Gasteiger partial charge is 0.376 e. The Balaban J connectivity index is 2.28. The highest BCUT2D eigenvalue weighted by atomic mass is 35.5. The summed E-state index contributed by atoms with van der Waals surface area (Å²) >= 11 is 5.99. The van der Waals surface area contributed by atoms with Crippen LogP contribution in [0.5, 0.6) is 0 Å². The molecule has 1 saturated heterocycles. The number of aryl methyl sites for hydroxylation is 1. The Morgan fingerprint density at radius 2 is 2.15 bits per heavy atom. The number of rotatable bonds is 6. The van der Waals surface area contributed by atoms with Gasteiger partial charge >= 0.3 is 0 Å². The lowest BCUT2D eigenvalue weighted by Crippen LogP contribution is -2.59. The normalized spacial score (nSPS) is 16.6. The number of hydrogen-bond donors (Lipinski definition) is 1. The van der Waals surface area contributed by atoms with Crippen LogP contribution in [0.4, 0.5) is 0 Å². The topological polar surface area (TPSA) is 51.2 Å². The van der Waals surface area contributed by atoms with E-state index >= 15 is 0 Å². The number of halogens is 1. The molecule has 0 aliphatic carbocycles. The van der Waals surface area contributed by atoms with Gasteiger partial charge < -0.3 is 10.1 Å². The monoisotopic (exact) mass is 296 g/mol. The summed E-state index contributed by atoms with van der Waals surface area (Å²) in [6.45, 7) is 5.10. The molecule has 1 amide bonds. The van der Waals surface area contributed by atoms with Crippen LogP contribution in [-0.2, 0) is 21.5 Å². The van der Waals surface area contributed by atoms with Crippen molar-refractivity contribution in [2.75, 3.05) is 13.2 Å². The van der Waals surface area contributed by atoms with E-state index in [1.54, 1.807) is 6.07 Å². The van der Waals surface area contributed by atoms with Gasteiger partial charge in [-0.25, -0.2) is 4.98 Å². The van der Waals surface area contributed by atoms with Crippen molar-refractivity contribution in [3.63, 3.8) is 0 Å². The van der Waals surface area contributed by atoms with E-state index in [2.05, 4.69) is 17.2 Å². The molecule has 0 unspecified atom stereocenters. The van der Waals surface area contributed by atoms with Crippen LogP contribution in [0.25, 0.3) is 0 Å². The summed E-state index contributed by atoms with van der Waals surface area (Å²) in [5, 5.41) is 3.61. The number of pyridine rings is 1. The molecule has 0 bridgehead atoms. The SMILES string of the molecule is CCCC(=O)NC1(c2ccc(Cl)nc2CCC)COC1. The Kier molecular flexibility index (Phi) is 5.00. The molecule has 0 radical (unpaired) electrons. The third-order valence-corrected chi connectivity index (χ3v) is 3.71. The number of nitrogens with zero attached hydrogens (tertiary/aromatic N) is 1. The highest BCUT2D eigenvalue weighted by Gasteiger charge is 2.43. The molecule has 5 heteroatoms. The van der Waals surface area contributed by atoms with Crippen molar-refractivity contribution < 1.29 is 9.53 Å². The molecule has 1 N–H and O–H groups in total. The van der Waals surface area contributed by atoms with Crippen LogP contribution in [0.3, 0.4) is 0 Å². The van der Waals surface area contributed by atoms with E-state index in [0.29, 0.717) is 24.8 Å². The average molecular weight is 297 g/mol. The molecule has 1 aliphatic heterocycles. The van der Waals surface area contributed by atoms with Gasteiger partial charge in [0.15, 0.2) is 0 Å². The zero-order valence-corrected chi connectivity index (χ0v) is 12.8. The second-order valence-electron chi connectivity index (χ2n) is 5.25. The molecule has 0 atom stereocenters. The highest BCUT2D eigenvalue weighted by Crippen LogP contribution is 2.33. The first-order valence-corrected chi connectivity index (χ1v) is 7.53. The fourth-order valence-corrected chi connectivity index (χ4v) is 2.66. The molecule has 20 heavy (non-hydrogen) atoms. The quantitative estimate of drug-likeness (QED) is 0.821. The minimum atomic E-state index is -0.422. The van der Waals surface area contributed by atoms with Gasteiger partial charge in [0.1, 0.15) is 10.7 Å². The van der Waals surface area contributed by atoms with Crippen molar-refractivity contribution in [3.05, 3.63) is 28.5 Å². The van der Waals surface area contributed by atoms with Crippen LogP contribution in [-0.4, -0.2) is 24.1 Å². The predicted octanol–water partition coefficient (Wildman–Crippen LogP) is 2.83. The molecule has 2 heterocycles. The number of carbonyl (C=O) groups is 1. The van der Waals surface area contributed by atoms with E-state index in [-0.39, 0.29) is 5.91 Å². The first-order chi connectivity index (χ1) is 9.61. The van der Waals surface area contributed by atoms with E-state index in [1.807, 2.05) is 13.0 Å². The minimum absolute atomic E-state index is 0.0631. The van der Waals surface area contributed by atoms with Gasteiger partial charge in [0, 0.05) is 17.7 Å². The maximum Gasteiger partial charge on any atom is 0.220 e. The Morgan fingerprint density at radius 1 is 1.40 bits per heavy atom. The Labute approximate surface area is 124 Å². The number of carbonyl (C=O) groups excluding carboxylic acids is 1. The Morgan fingerprint density at radius 3 is 2.70 bits per heavy atom. The van der Waals surface area contributed by atoms with Gasteiger partial charge in [0.2, 0.25) is 5.91 Å². The van der Waals surface area contributed by atoms with Crippen molar-refractivity contribution in [1.29, 1.82) is 0 Å². The number of amides is 1. The number of ether oxygens (including phenoxy) is 1. The van der Waals surface area contributed by atoms with Crippen molar-refractivity contribution >= 4 is 17.5 Å². The lowest BCUT2D eigenvalue weighted by molar-refractivity contribution is -0.134. The van der Waals surface area contributed by atoms with E-state index < -0.39 is 5.54 Å². The van der Waals surface area contributed by atoms with Gasteiger partial charge in [-0.1, -0.05) is 37.9 Å². The molecule has 4 nitrogen and oxygen atoms in total. The lowest BCUT2D eigenvalue weighted by atomic mass is 9.85. The van der Waals surface area contributed by atoms with Crippen LogP contribution >= 0.6 is 11.6 Å². The third kappa shape index (κ3) is 3.13. The summed E-state index contributed by atoms with van der Waals surface area (Å²) in [5.41, 5.74) is 1.58. The molecule has 0 saturated carbocycles. The molecule has 1 aliphatic rings. The molecule has 1 aromatic rings. The summed E-state index contributed by atoms with van der Waals surface area (Å²) < 4.78 is 5.36. The molecule has 110 valence electrons. The van der Waals surface area contributed by atoms with Crippen LogP contribution < -0.4 is 5.32 Å². The molecule has 1 aromatic heterocycles. The maximum absolute atomic E-state index is 11.9. The van der Waals surface area contributed by atoms with Crippen LogP contribution in [0.2, 0.25) is 5.15 Å². The maximum atomic E-state index is 11.9. The number of hydrogen-bond acceptors (Lipinski definition) is 3. The fourth-order valence-electron chi connectivity index (χ4n) is 2.50. The van der Waals surface area contributed by atoms with Gasteiger partial charge in [0.05, 0.1) is 13.2 Å². The lowest BCUT2D eigenvalue weighted by Gasteiger charge is -2.43. The van der Waals surface area contributed by atoms with E-state index in [0.717, 1.165) is 30.5 Å². The fraction of sp³-hybridized carbons (Fsp3) is 0.600. The third-order valence-electron chi connectivity index (χ3n) is 3.50. The van der Waals surface area contributed by atoms with Crippen LogP contribution in [0.15, 0.2) is 12.1 Å². The van der Waals surface area contributed by atoms with E-state index in [4.69, 9.17) is 16.3 Å². The standard InChI is InChI=1S/C15H21ClN2O2/c1-3-5-12-11(7-8-13(16)17-12)15(9-20-10-15)18-14(19)6-4-2/h7-8H,3-6,9-10H2,1-2H3,(H,18,19).